The van der Waals surface area contributed by atoms with E-state index in [1.54, 1.807) is 4.90 Å². The van der Waals surface area contributed by atoms with Gasteiger partial charge in [0, 0.05) is 26.2 Å². The van der Waals surface area contributed by atoms with Crippen LogP contribution in [-0.2, 0) is 19.4 Å². The molecular weight excluding hydrogens is 244 g/mol. The molecule has 17 heavy (non-hydrogen) atoms. The van der Waals surface area contributed by atoms with E-state index >= 15 is 0 Å². The van der Waals surface area contributed by atoms with E-state index in [-0.39, 0.29) is 29.6 Å². The molecule has 98 valence electrons. The van der Waals surface area contributed by atoms with Crippen molar-refractivity contribution in [2.24, 2.45) is 0 Å². The number of nitrogens with zero attached hydrogens (tertiary/aromatic N) is 1. The number of nitrogens with one attached hydrogen (secondary N) is 1. The Morgan fingerprint density at radius 2 is 1.94 bits per heavy atom. The van der Waals surface area contributed by atoms with Crippen LogP contribution >= 0.6 is 0 Å². The largest absolute Gasteiger partial charge is 0.363 e. The van der Waals surface area contributed by atoms with Crippen LogP contribution in [0.2, 0.25) is 0 Å². The maximum absolute atomic E-state index is 11.8. The summed E-state index contributed by atoms with van der Waals surface area (Å²) in [5.74, 6) is 0.0165. The first-order valence-corrected chi connectivity index (χ1v) is 7.55. The third-order valence-electron chi connectivity index (χ3n) is 3.24. The highest BCUT2D eigenvalue weighted by molar-refractivity contribution is 7.91. The molecule has 0 saturated carbocycles. The summed E-state index contributed by atoms with van der Waals surface area (Å²) in [5, 5.41) is 3.09. The van der Waals surface area contributed by atoms with Gasteiger partial charge in [-0.05, 0) is 6.92 Å². The second-order valence-corrected chi connectivity index (χ2v) is 7.18. The van der Waals surface area contributed by atoms with Crippen LogP contribution in [0, 0.1) is 0 Å². The fourth-order valence-electron chi connectivity index (χ4n) is 1.87. The zero-order valence-corrected chi connectivity index (χ0v) is 10.8. The minimum atomic E-state index is -2.93. The minimum absolute atomic E-state index is 0.0399. The fourth-order valence-corrected chi connectivity index (χ4v) is 3.07. The van der Waals surface area contributed by atoms with E-state index in [4.69, 9.17) is 4.74 Å². The molecule has 7 heteroatoms. The summed E-state index contributed by atoms with van der Waals surface area (Å²) >= 11 is 0. The molecule has 2 aliphatic heterocycles. The van der Waals surface area contributed by atoms with Crippen molar-refractivity contribution in [3.8, 4) is 0 Å². The van der Waals surface area contributed by atoms with Crippen LogP contribution in [0.1, 0.15) is 6.92 Å². The van der Waals surface area contributed by atoms with Gasteiger partial charge in [0.05, 0.1) is 17.1 Å². The predicted octanol–water partition coefficient (Wildman–Crippen LogP) is -1.38. The molecule has 2 fully saturated rings. The number of carbonyl (C=O) groups excluding carboxylic acids is 1. The van der Waals surface area contributed by atoms with Crippen molar-refractivity contribution < 1.29 is 17.9 Å². The first-order valence-electron chi connectivity index (χ1n) is 5.73. The van der Waals surface area contributed by atoms with Crippen LogP contribution in [-0.4, -0.2) is 69.1 Å². The Kier molecular flexibility index (Phi) is 3.42. The third kappa shape index (κ3) is 3.17. The lowest BCUT2D eigenvalue weighted by Gasteiger charge is -2.39. The maximum Gasteiger partial charge on any atom is 0.248 e. The third-order valence-corrected chi connectivity index (χ3v) is 4.85. The Balaban J connectivity index is 1.77. The van der Waals surface area contributed by atoms with Gasteiger partial charge in [0.2, 0.25) is 5.91 Å². The summed E-state index contributed by atoms with van der Waals surface area (Å²) in [6.45, 7) is 4.10. The summed E-state index contributed by atoms with van der Waals surface area (Å²) < 4.78 is 28.0. The van der Waals surface area contributed by atoms with E-state index in [0.29, 0.717) is 13.1 Å². The van der Waals surface area contributed by atoms with Gasteiger partial charge in [0.15, 0.2) is 9.84 Å². The predicted molar refractivity (Wildman–Crippen MR) is 62.5 cm³/mol. The molecule has 0 spiro atoms. The molecule has 1 N–H and O–H groups in total. The van der Waals surface area contributed by atoms with E-state index in [1.165, 1.54) is 0 Å². The van der Waals surface area contributed by atoms with E-state index in [1.807, 2.05) is 6.92 Å². The summed E-state index contributed by atoms with van der Waals surface area (Å²) in [6.07, 6.45) is 0. The van der Waals surface area contributed by atoms with Gasteiger partial charge in [-0.1, -0.05) is 0 Å². The zero-order chi connectivity index (χ0) is 12.5. The quantitative estimate of drug-likeness (QED) is 0.678. The van der Waals surface area contributed by atoms with E-state index in [2.05, 4.69) is 5.32 Å². The monoisotopic (exact) mass is 262 g/mol. The summed E-state index contributed by atoms with van der Waals surface area (Å²) in [7, 11) is -2.93. The van der Waals surface area contributed by atoms with Gasteiger partial charge in [0.25, 0.3) is 0 Å². The average molecular weight is 262 g/mol. The van der Waals surface area contributed by atoms with Gasteiger partial charge >= 0.3 is 0 Å². The normalized spacial score (nSPS) is 26.3. The minimum Gasteiger partial charge on any atom is -0.363 e. The lowest BCUT2D eigenvalue weighted by molar-refractivity contribution is -0.145. The highest BCUT2D eigenvalue weighted by Gasteiger charge is 2.34. The SMILES string of the molecule is CC1(OCC(=O)N2CCS(=O)(=O)CC2)CNC1. The second-order valence-electron chi connectivity index (χ2n) is 4.87. The number of rotatable bonds is 3. The number of hydrogen-bond acceptors (Lipinski definition) is 5. The van der Waals surface area contributed by atoms with Gasteiger partial charge in [-0.3, -0.25) is 4.79 Å². The molecule has 0 unspecified atom stereocenters. The fraction of sp³-hybridized carbons (Fsp3) is 0.900. The van der Waals surface area contributed by atoms with E-state index in [9.17, 15) is 13.2 Å². The Morgan fingerprint density at radius 1 is 1.35 bits per heavy atom. The Bertz CT molecular complexity index is 389. The molecule has 0 bridgehead atoms. The molecule has 0 aromatic heterocycles. The average Bonchev–Trinajstić information content (AvgIpc) is 2.23. The molecule has 0 aromatic carbocycles. The van der Waals surface area contributed by atoms with Gasteiger partial charge in [-0.2, -0.15) is 0 Å². The van der Waals surface area contributed by atoms with Crippen molar-refractivity contribution in [2.45, 2.75) is 12.5 Å². The first kappa shape index (κ1) is 12.8. The molecule has 2 rings (SSSR count). The van der Waals surface area contributed by atoms with E-state index < -0.39 is 9.84 Å². The van der Waals surface area contributed by atoms with Crippen LogP contribution in [0.5, 0.6) is 0 Å². The van der Waals surface area contributed by atoms with Crippen molar-refractivity contribution in [3.05, 3.63) is 0 Å². The Morgan fingerprint density at radius 3 is 2.41 bits per heavy atom. The number of amides is 1. The molecule has 2 saturated heterocycles. The van der Waals surface area contributed by atoms with Crippen LogP contribution < -0.4 is 5.32 Å². The van der Waals surface area contributed by atoms with Gasteiger partial charge < -0.3 is 15.0 Å². The molecule has 2 aliphatic rings. The molecule has 0 atom stereocenters. The lowest BCUT2D eigenvalue weighted by Crippen LogP contribution is -2.60. The molecule has 0 aromatic rings. The Hall–Kier alpha value is -0.660. The molecule has 1 amide bonds. The maximum atomic E-state index is 11.8. The molecule has 6 nitrogen and oxygen atoms in total. The smallest absolute Gasteiger partial charge is 0.248 e. The molecular formula is C10H18N2O4S. The summed E-state index contributed by atoms with van der Waals surface area (Å²) in [6, 6.07) is 0. The van der Waals surface area contributed by atoms with Crippen LogP contribution in [0.15, 0.2) is 0 Å². The molecule has 2 heterocycles. The van der Waals surface area contributed by atoms with Crippen molar-refractivity contribution in [1.29, 1.82) is 0 Å². The first-order chi connectivity index (χ1) is 7.90. The lowest BCUT2D eigenvalue weighted by atomic mass is 10.0. The van der Waals surface area contributed by atoms with Gasteiger partial charge in [-0.25, -0.2) is 8.42 Å². The van der Waals surface area contributed by atoms with Crippen molar-refractivity contribution >= 4 is 15.7 Å². The standard InChI is InChI=1S/C10H18N2O4S/c1-10(7-11-8-10)16-6-9(13)12-2-4-17(14,15)5-3-12/h11H,2-8H2,1H3. The molecule has 0 radical (unpaired) electrons. The topological polar surface area (TPSA) is 75.7 Å². The number of sulfone groups is 1. The summed E-state index contributed by atoms with van der Waals surface area (Å²) in [5.41, 5.74) is -0.239. The van der Waals surface area contributed by atoms with Gasteiger partial charge in [0.1, 0.15) is 6.61 Å². The zero-order valence-electron chi connectivity index (χ0n) is 9.94. The number of ether oxygens (including phenoxy) is 1. The number of carbonyl (C=O) groups is 1. The van der Waals surface area contributed by atoms with Crippen molar-refractivity contribution in [1.82, 2.24) is 10.2 Å². The van der Waals surface area contributed by atoms with E-state index in [0.717, 1.165) is 13.1 Å². The van der Waals surface area contributed by atoms with Crippen LogP contribution in [0.3, 0.4) is 0 Å². The Labute approximate surface area is 101 Å². The van der Waals surface area contributed by atoms with Crippen molar-refractivity contribution in [2.75, 3.05) is 44.3 Å². The summed E-state index contributed by atoms with van der Waals surface area (Å²) in [4.78, 5) is 13.3. The van der Waals surface area contributed by atoms with Crippen LogP contribution in [0.4, 0.5) is 0 Å². The second kappa shape index (κ2) is 4.55. The molecule has 0 aliphatic carbocycles. The number of hydrogen-bond donors (Lipinski definition) is 1. The van der Waals surface area contributed by atoms with Crippen LogP contribution in [0.25, 0.3) is 0 Å². The van der Waals surface area contributed by atoms with Gasteiger partial charge in [-0.15, -0.1) is 0 Å². The highest BCUT2D eigenvalue weighted by Crippen LogP contribution is 2.15. The van der Waals surface area contributed by atoms with Crippen molar-refractivity contribution in [3.63, 3.8) is 0 Å². The highest BCUT2D eigenvalue weighted by atomic mass is 32.2.